The fourth-order valence-corrected chi connectivity index (χ4v) is 2.72. The van der Waals surface area contributed by atoms with Crippen molar-refractivity contribution in [3.8, 4) is 0 Å². The van der Waals surface area contributed by atoms with Crippen LogP contribution >= 0.6 is 12.2 Å². The Morgan fingerprint density at radius 2 is 2.11 bits per heavy atom. The first-order valence-electron chi connectivity index (χ1n) is 6.22. The first-order chi connectivity index (χ1) is 8.55. The van der Waals surface area contributed by atoms with Gasteiger partial charge in [0.05, 0.1) is 16.8 Å². The zero-order chi connectivity index (χ0) is 13.2. The fourth-order valence-electron chi connectivity index (χ4n) is 2.47. The topological polar surface area (TPSA) is 68.3 Å². The fraction of sp³-hybridized carbons (Fsp3) is 0.538. The van der Waals surface area contributed by atoms with Crippen LogP contribution in [-0.2, 0) is 0 Å². The summed E-state index contributed by atoms with van der Waals surface area (Å²) in [4.78, 5) is 12.6. The SMILES string of the molecule is Cc1ccoc1C(=O)NC1(C(N)=S)CCCCC1. The Bertz CT molecular complexity index is 461. The van der Waals surface area contributed by atoms with E-state index < -0.39 is 5.54 Å². The molecule has 0 bridgehead atoms. The molecule has 1 fully saturated rings. The van der Waals surface area contributed by atoms with Crippen molar-refractivity contribution in [2.75, 3.05) is 0 Å². The second-order valence-corrected chi connectivity index (χ2v) is 5.33. The highest BCUT2D eigenvalue weighted by Gasteiger charge is 2.37. The molecule has 18 heavy (non-hydrogen) atoms. The van der Waals surface area contributed by atoms with Gasteiger partial charge in [0, 0.05) is 5.56 Å². The highest BCUT2D eigenvalue weighted by atomic mass is 32.1. The summed E-state index contributed by atoms with van der Waals surface area (Å²) in [5, 5.41) is 2.98. The molecule has 0 radical (unpaired) electrons. The van der Waals surface area contributed by atoms with E-state index in [9.17, 15) is 4.79 Å². The predicted molar refractivity (Wildman–Crippen MR) is 73.5 cm³/mol. The normalized spacial score (nSPS) is 18.3. The molecule has 3 N–H and O–H groups in total. The summed E-state index contributed by atoms with van der Waals surface area (Å²) in [6.45, 7) is 1.84. The van der Waals surface area contributed by atoms with E-state index in [4.69, 9.17) is 22.4 Å². The molecule has 2 rings (SSSR count). The van der Waals surface area contributed by atoms with Crippen LogP contribution in [0.4, 0.5) is 0 Å². The van der Waals surface area contributed by atoms with Crippen molar-refractivity contribution in [1.29, 1.82) is 0 Å². The molecule has 0 atom stereocenters. The minimum absolute atomic E-state index is 0.229. The lowest BCUT2D eigenvalue weighted by Gasteiger charge is -2.36. The van der Waals surface area contributed by atoms with Crippen molar-refractivity contribution >= 4 is 23.1 Å². The van der Waals surface area contributed by atoms with Crippen molar-refractivity contribution in [3.05, 3.63) is 23.7 Å². The van der Waals surface area contributed by atoms with Crippen LogP contribution < -0.4 is 11.1 Å². The average Bonchev–Trinajstić information content (AvgIpc) is 2.76. The average molecular weight is 266 g/mol. The number of carbonyl (C=O) groups excluding carboxylic acids is 1. The van der Waals surface area contributed by atoms with Crippen molar-refractivity contribution in [1.82, 2.24) is 5.32 Å². The number of rotatable bonds is 3. The van der Waals surface area contributed by atoms with E-state index in [2.05, 4.69) is 5.32 Å². The zero-order valence-corrected chi connectivity index (χ0v) is 11.3. The van der Waals surface area contributed by atoms with Gasteiger partial charge >= 0.3 is 0 Å². The molecule has 1 saturated carbocycles. The third kappa shape index (κ3) is 2.41. The van der Waals surface area contributed by atoms with Crippen LogP contribution in [0.5, 0.6) is 0 Å². The molecule has 0 unspecified atom stereocenters. The lowest BCUT2D eigenvalue weighted by atomic mass is 9.81. The van der Waals surface area contributed by atoms with Crippen molar-refractivity contribution in [2.45, 2.75) is 44.6 Å². The Morgan fingerprint density at radius 1 is 1.44 bits per heavy atom. The van der Waals surface area contributed by atoms with Crippen LogP contribution in [0, 0.1) is 6.92 Å². The number of amides is 1. The molecule has 0 spiro atoms. The largest absolute Gasteiger partial charge is 0.459 e. The zero-order valence-electron chi connectivity index (χ0n) is 10.5. The number of furan rings is 1. The molecule has 4 nitrogen and oxygen atoms in total. The lowest BCUT2D eigenvalue weighted by molar-refractivity contribution is 0.0879. The van der Waals surface area contributed by atoms with Gasteiger partial charge in [0.2, 0.25) is 0 Å². The maximum Gasteiger partial charge on any atom is 0.288 e. The summed E-state index contributed by atoms with van der Waals surface area (Å²) in [7, 11) is 0. The maximum absolute atomic E-state index is 12.2. The molecule has 1 aromatic heterocycles. The molecule has 1 heterocycles. The summed E-state index contributed by atoms with van der Waals surface area (Å²) < 4.78 is 5.20. The van der Waals surface area contributed by atoms with Gasteiger partial charge in [-0.1, -0.05) is 31.5 Å². The molecule has 0 aliphatic heterocycles. The van der Waals surface area contributed by atoms with Crippen LogP contribution in [0.3, 0.4) is 0 Å². The molecular formula is C13H18N2O2S. The van der Waals surface area contributed by atoms with Gasteiger partial charge in [-0.15, -0.1) is 0 Å². The Hall–Kier alpha value is -1.36. The number of nitrogens with one attached hydrogen (secondary N) is 1. The minimum atomic E-state index is -0.538. The van der Waals surface area contributed by atoms with Crippen LogP contribution in [-0.4, -0.2) is 16.4 Å². The van der Waals surface area contributed by atoms with Crippen molar-refractivity contribution in [3.63, 3.8) is 0 Å². The number of hydrogen-bond acceptors (Lipinski definition) is 3. The number of nitrogens with two attached hydrogens (primary N) is 1. The van der Waals surface area contributed by atoms with Gasteiger partial charge < -0.3 is 15.5 Å². The smallest absolute Gasteiger partial charge is 0.288 e. The summed E-state index contributed by atoms with van der Waals surface area (Å²) in [6, 6.07) is 1.77. The number of thiocarbonyl (C=S) groups is 1. The number of aryl methyl sites for hydroxylation is 1. The summed E-state index contributed by atoms with van der Waals surface area (Å²) in [6.07, 6.45) is 6.38. The summed E-state index contributed by atoms with van der Waals surface area (Å²) >= 11 is 5.14. The van der Waals surface area contributed by atoms with Gasteiger partial charge in [-0.05, 0) is 25.8 Å². The quantitative estimate of drug-likeness (QED) is 0.824. The maximum atomic E-state index is 12.2. The summed E-state index contributed by atoms with van der Waals surface area (Å²) in [5.41, 5.74) is 6.11. The Balaban J connectivity index is 2.17. The number of hydrogen-bond donors (Lipinski definition) is 2. The van der Waals surface area contributed by atoms with E-state index >= 15 is 0 Å². The molecule has 0 saturated heterocycles. The van der Waals surface area contributed by atoms with Crippen molar-refractivity contribution in [2.24, 2.45) is 5.73 Å². The monoisotopic (exact) mass is 266 g/mol. The molecule has 5 heteroatoms. The van der Waals surface area contributed by atoms with E-state index in [0.29, 0.717) is 10.7 Å². The van der Waals surface area contributed by atoms with E-state index in [-0.39, 0.29) is 5.91 Å². The highest BCUT2D eigenvalue weighted by molar-refractivity contribution is 7.80. The van der Waals surface area contributed by atoms with Gasteiger partial charge in [0.25, 0.3) is 5.91 Å². The van der Waals surface area contributed by atoms with Gasteiger partial charge in [0.1, 0.15) is 0 Å². The van der Waals surface area contributed by atoms with Crippen molar-refractivity contribution < 1.29 is 9.21 Å². The second-order valence-electron chi connectivity index (χ2n) is 4.89. The molecule has 0 aromatic carbocycles. The molecule has 1 amide bonds. The van der Waals surface area contributed by atoms with E-state index in [1.807, 2.05) is 6.92 Å². The third-order valence-electron chi connectivity index (χ3n) is 3.60. The van der Waals surface area contributed by atoms with Gasteiger partial charge in [0.15, 0.2) is 5.76 Å². The minimum Gasteiger partial charge on any atom is -0.459 e. The second kappa shape index (κ2) is 5.10. The Kier molecular flexibility index (Phi) is 3.71. The van der Waals surface area contributed by atoms with Crippen LogP contribution in [0.25, 0.3) is 0 Å². The number of carbonyl (C=O) groups is 1. The van der Waals surface area contributed by atoms with E-state index in [0.717, 1.165) is 31.2 Å². The highest BCUT2D eigenvalue weighted by Crippen LogP contribution is 2.29. The Morgan fingerprint density at radius 3 is 2.61 bits per heavy atom. The molecule has 1 aliphatic rings. The first kappa shape index (κ1) is 13.1. The predicted octanol–water partition coefficient (Wildman–Crippen LogP) is 2.31. The lowest BCUT2D eigenvalue weighted by Crippen LogP contribution is -2.57. The molecule has 1 aliphatic carbocycles. The van der Waals surface area contributed by atoms with Crippen LogP contribution in [0.2, 0.25) is 0 Å². The summed E-state index contributed by atoms with van der Waals surface area (Å²) in [5.74, 6) is 0.114. The van der Waals surface area contributed by atoms with E-state index in [1.165, 1.54) is 12.7 Å². The van der Waals surface area contributed by atoms with Gasteiger partial charge in [-0.2, -0.15) is 0 Å². The molecule has 98 valence electrons. The third-order valence-corrected chi connectivity index (χ3v) is 3.99. The standard InChI is InChI=1S/C13H18N2O2S/c1-9-5-8-17-10(9)11(16)15-13(12(14)18)6-3-2-4-7-13/h5,8H,2-4,6-7H2,1H3,(H2,14,18)(H,15,16). The Labute approximate surface area is 112 Å². The van der Waals surface area contributed by atoms with Crippen LogP contribution in [0.15, 0.2) is 16.7 Å². The van der Waals surface area contributed by atoms with Gasteiger partial charge in [-0.3, -0.25) is 4.79 Å². The molecule has 1 aromatic rings. The van der Waals surface area contributed by atoms with Gasteiger partial charge in [-0.25, -0.2) is 0 Å². The van der Waals surface area contributed by atoms with Crippen LogP contribution in [0.1, 0.15) is 48.2 Å². The first-order valence-corrected chi connectivity index (χ1v) is 6.62. The molecular weight excluding hydrogens is 248 g/mol. The van der Waals surface area contributed by atoms with E-state index in [1.54, 1.807) is 6.07 Å².